The van der Waals surface area contributed by atoms with E-state index in [2.05, 4.69) is 67.0 Å². The van der Waals surface area contributed by atoms with E-state index in [1.54, 1.807) is 0 Å². The number of hydrogen-bond acceptors (Lipinski definition) is 9. The van der Waals surface area contributed by atoms with Crippen molar-refractivity contribution in [2.45, 2.75) is 174 Å². The first kappa shape index (κ1) is 50.4. The third kappa shape index (κ3) is 36.2. The lowest BCUT2D eigenvalue weighted by atomic mass is 10.1. The zero-order chi connectivity index (χ0) is 39.3. The van der Waals surface area contributed by atoms with Gasteiger partial charge in [0.2, 0.25) is 0 Å². The normalized spacial score (nSPS) is 14.3. The number of ether oxygens (including phenoxy) is 2. The third-order valence-electron chi connectivity index (χ3n) is 8.31. The van der Waals surface area contributed by atoms with Gasteiger partial charge in [0, 0.05) is 12.8 Å². The van der Waals surface area contributed by atoms with Crippen molar-refractivity contribution in [2.24, 2.45) is 5.73 Å². The second-order valence-electron chi connectivity index (χ2n) is 13.4. The van der Waals surface area contributed by atoms with Gasteiger partial charge in [-0.25, -0.2) is 4.57 Å². The Balaban J connectivity index is 4.46. The molecular formula is C41H72NO10P. The van der Waals surface area contributed by atoms with Gasteiger partial charge in [-0.15, -0.1) is 0 Å². The van der Waals surface area contributed by atoms with Gasteiger partial charge < -0.3 is 25.2 Å². The average molecular weight is 770 g/mol. The van der Waals surface area contributed by atoms with Crippen LogP contribution in [0.1, 0.15) is 162 Å². The molecule has 0 fully saturated rings. The van der Waals surface area contributed by atoms with Crippen LogP contribution in [0.4, 0.5) is 0 Å². The average Bonchev–Trinajstić information content (AvgIpc) is 3.13. The number of hydrogen-bond donors (Lipinski definition) is 3. The van der Waals surface area contributed by atoms with Gasteiger partial charge in [-0.1, -0.05) is 127 Å². The van der Waals surface area contributed by atoms with Gasteiger partial charge in [-0.2, -0.15) is 0 Å². The van der Waals surface area contributed by atoms with Gasteiger partial charge in [0.05, 0.1) is 13.2 Å². The zero-order valence-electron chi connectivity index (χ0n) is 32.8. The number of unbranched alkanes of at least 4 members (excludes halogenated alkanes) is 15. The highest BCUT2D eigenvalue weighted by molar-refractivity contribution is 7.47. The largest absolute Gasteiger partial charge is 0.480 e. The van der Waals surface area contributed by atoms with E-state index in [1.807, 2.05) is 0 Å². The predicted molar refractivity (Wildman–Crippen MR) is 212 cm³/mol. The SMILES string of the molecule is CC/C=C\C/C=C\C/C=C\CCCCCCCC(=O)OC(COC(=O)CCCCCCC/C=C\CCCCCCC)COP(=O)(O)OCC(N)C(=O)O. The quantitative estimate of drug-likeness (QED) is 0.0238. The molecule has 0 saturated carbocycles. The fourth-order valence-electron chi connectivity index (χ4n) is 5.13. The van der Waals surface area contributed by atoms with E-state index in [9.17, 15) is 23.8 Å². The number of carboxylic acids is 1. The van der Waals surface area contributed by atoms with Crippen LogP contribution < -0.4 is 5.73 Å². The van der Waals surface area contributed by atoms with Crippen LogP contribution in [-0.4, -0.2) is 59.9 Å². The van der Waals surface area contributed by atoms with Crippen molar-refractivity contribution in [3.05, 3.63) is 48.6 Å². The molecule has 0 aliphatic heterocycles. The summed E-state index contributed by atoms with van der Waals surface area (Å²) in [6.07, 6.45) is 38.9. The van der Waals surface area contributed by atoms with Gasteiger partial charge in [0.1, 0.15) is 12.6 Å². The fourth-order valence-corrected chi connectivity index (χ4v) is 5.91. The molecule has 0 saturated heterocycles. The maximum atomic E-state index is 12.6. The maximum absolute atomic E-state index is 12.6. The van der Waals surface area contributed by atoms with E-state index in [4.69, 9.17) is 24.8 Å². The number of aliphatic carboxylic acids is 1. The van der Waals surface area contributed by atoms with Gasteiger partial charge in [-0.3, -0.25) is 23.4 Å². The Kier molecular flexibility index (Phi) is 34.7. The second-order valence-corrected chi connectivity index (χ2v) is 14.8. The van der Waals surface area contributed by atoms with Crippen molar-refractivity contribution < 1.29 is 47.5 Å². The summed E-state index contributed by atoms with van der Waals surface area (Å²) in [4.78, 5) is 45.8. The number of carboxylic acid groups (broad SMARTS) is 1. The summed E-state index contributed by atoms with van der Waals surface area (Å²) in [6, 6.07) is -1.53. The van der Waals surface area contributed by atoms with Crippen molar-refractivity contribution in [1.29, 1.82) is 0 Å². The van der Waals surface area contributed by atoms with E-state index in [0.29, 0.717) is 12.8 Å². The van der Waals surface area contributed by atoms with Gasteiger partial charge >= 0.3 is 25.7 Å². The van der Waals surface area contributed by atoms with Crippen molar-refractivity contribution in [3.8, 4) is 0 Å². The molecule has 0 aromatic carbocycles. The van der Waals surface area contributed by atoms with Crippen LogP contribution in [0.2, 0.25) is 0 Å². The maximum Gasteiger partial charge on any atom is 0.472 e. The Hall–Kier alpha value is -2.56. The van der Waals surface area contributed by atoms with Crippen molar-refractivity contribution >= 4 is 25.7 Å². The molecular weight excluding hydrogens is 697 g/mol. The lowest BCUT2D eigenvalue weighted by Crippen LogP contribution is -2.34. The van der Waals surface area contributed by atoms with E-state index < -0.39 is 51.1 Å². The Bertz CT molecular complexity index is 1090. The van der Waals surface area contributed by atoms with Crippen molar-refractivity contribution in [3.63, 3.8) is 0 Å². The fraction of sp³-hybridized carbons (Fsp3) is 0.732. The minimum atomic E-state index is -4.72. The molecule has 4 N–H and O–H groups in total. The van der Waals surface area contributed by atoms with E-state index in [-0.39, 0.29) is 19.4 Å². The minimum Gasteiger partial charge on any atom is -0.480 e. The predicted octanol–water partition coefficient (Wildman–Crippen LogP) is 10.2. The van der Waals surface area contributed by atoms with Crippen LogP contribution in [0.3, 0.4) is 0 Å². The molecule has 0 spiro atoms. The molecule has 0 aromatic heterocycles. The number of esters is 2. The molecule has 3 atom stereocenters. The molecule has 0 heterocycles. The zero-order valence-corrected chi connectivity index (χ0v) is 33.7. The summed E-state index contributed by atoms with van der Waals surface area (Å²) >= 11 is 0. The summed E-state index contributed by atoms with van der Waals surface area (Å²) in [6.45, 7) is 2.64. The van der Waals surface area contributed by atoms with Gasteiger partial charge in [0.15, 0.2) is 6.10 Å². The lowest BCUT2D eigenvalue weighted by molar-refractivity contribution is -0.161. The van der Waals surface area contributed by atoms with Crippen molar-refractivity contribution in [1.82, 2.24) is 0 Å². The van der Waals surface area contributed by atoms with Crippen LogP contribution in [0.5, 0.6) is 0 Å². The first-order chi connectivity index (χ1) is 25.6. The number of rotatable bonds is 37. The smallest absolute Gasteiger partial charge is 0.472 e. The molecule has 12 heteroatoms. The number of phosphoric ester groups is 1. The van der Waals surface area contributed by atoms with E-state index in [1.165, 1.54) is 32.1 Å². The van der Waals surface area contributed by atoms with Gasteiger partial charge in [0.25, 0.3) is 0 Å². The molecule has 11 nitrogen and oxygen atoms in total. The van der Waals surface area contributed by atoms with E-state index in [0.717, 1.165) is 89.9 Å². The standard InChI is InChI=1S/C41H72NO10P/c1-3-5-7-9-11-13-15-17-19-21-23-25-27-29-31-33-40(44)52-37(35-50-53(47,48)51-36-38(42)41(45)46)34-49-39(43)32-30-28-26-24-22-20-18-16-14-12-10-8-6-4-2/h5,7,11,13,16-19,37-38H,3-4,6,8-10,12,14-15,20-36,42H2,1-2H3,(H,45,46)(H,47,48)/b7-5-,13-11-,18-16-,19-17-. The highest BCUT2D eigenvalue weighted by atomic mass is 31.2. The number of carbonyl (C=O) groups is 3. The summed E-state index contributed by atoms with van der Waals surface area (Å²) in [5.74, 6) is -2.42. The summed E-state index contributed by atoms with van der Waals surface area (Å²) < 4.78 is 32.6. The van der Waals surface area contributed by atoms with Crippen LogP contribution in [0.25, 0.3) is 0 Å². The van der Waals surface area contributed by atoms with Gasteiger partial charge in [-0.05, 0) is 70.6 Å². The van der Waals surface area contributed by atoms with Crippen LogP contribution in [0.15, 0.2) is 48.6 Å². The van der Waals surface area contributed by atoms with Crippen molar-refractivity contribution in [2.75, 3.05) is 19.8 Å². The Morgan fingerprint density at radius 2 is 1.06 bits per heavy atom. The number of nitrogens with two attached hydrogens (primary N) is 1. The Labute approximate surface area is 320 Å². The first-order valence-corrected chi connectivity index (χ1v) is 21.7. The minimum absolute atomic E-state index is 0.139. The highest BCUT2D eigenvalue weighted by Gasteiger charge is 2.28. The molecule has 3 unspecified atom stereocenters. The third-order valence-corrected chi connectivity index (χ3v) is 9.26. The molecule has 0 aromatic rings. The molecule has 53 heavy (non-hydrogen) atoms. The number of phosphoric acid groups is 1. The topological polar surface area (TPSA) is 172 Å². The molecule has 0 aliphatic carbocycles. The first-order valence-electron chi connectivity index (χ1n) is 20.2. The summed E-state index contributed by atoms with van der Waals surface area (Å²) in [5.41, 5.74) is 5.32. The molecule has 0 rings (SSSR count). The number of allylic oxidation sites excluding steroid dienone is 8. The van der Waals surface area contributed by atoms with Crippen LogP contribution in [-0.2, 0) is 37.5 Å². The Morgan fingerprint density at radius 1 is 0.604 bits per heavy atom. The lowest BCUT2D eigenvalue weighted by Gasteiger charge is -2.20. The molecule has 0 aliphatic rings. The molecule has 0 bridgehead atoms. The van der Waals surface area contributed by atoms with Crippen LogP contribution in [0, 0.1) is 0 Å². The summed E-state index contributed by atoms with van der Waals surface area (Å²) in [5, 5.41) is 8.87. The summed E-state index contributed by atoms with van der Waals surface area (Å²) in [7, 11) is -4.72. The molecule has 0 amide bonds. The Morgan fingerprint density at radius 3 is 1.60 bits per heavy atom. The monoisotopic (exact) mass is 769 g/mol. The van der Waals surface area contributed by atoms with Crippen LogP contribution >= 0.6 is 7.82 Å². The second kappa shape index (κ2) is 36.4. The highest BCUT2D eigenvalue weighted by Crippen LogP contribution is 2.43. The molecule has 306 valence electrons. The number of carbonyl (C=O) groups excluding carboxylic acids is 2. The molecule has 0 radical (unpaired) electrons. The van der Waals surface area contributed by atoms with E-state index >= 15 is 0 Å².